The average molecular weight is 223 g/mol. The number of nitrogens with zero attached hydrogens (tertiary/aromatic N) is 2. The Morgan fingerprint density at radius 2 is 2.25 bits per heavy atom. The van der Waals surface area contributed by atoms with E-state index >= 15 is 0 Å². The van der Waals surface area contributed by atoms with Gasteiger partial charge in [0.05, 0.1) is 11.9 Å². The molecule has 0 aliphatic heterocycles. The minimum Gasteiger partial charge on any atom is -0.396 e. The third kappa shape index (κ3) is 3.18. The molecule has 0 aromatic carbocycles. The molecule has 4 nitrogen and oxygen atoms in total. The first kappa shape index (κ1) is 12.9. The quantitative estimate of drug-likeness (QED) is 0.759. The molecule has 1 rings (SSSR count). The molecule has 90 valence electrons. The van der Waals surface area contributed by atoms with Crippen molar-refractivity contribution in [3.63, 3.8) is 0 Å². The zero-order valence-electron chi connectivity index (χ0n) is 10.1. The van der Waals surface area contributed by atoms with E-state index < -0.39 is 0 Å². The lowest BCUT2D eigenvalue weighted by Gasteiger charge is -2.30. The highest BCUT2D eigenvalue weighted by atomic mass is 16.3. The molecule has 0 saturated heterocycles. The molecule has 0 atom stereocenters. The van der Waals surface area contributed by atoms with Crippen LogP contribution in [0.1, 0.15) is 25.8 Å². The molecular weight excluding hydrogens is 202 g/mol. The number of aromatic nitrogens is 1. The summed E-state index contributed by atoms with van der Waals surface area (Å²) in [5.74, 6) is 0. The third-order valence-corrected chi connectivity index (χ3v) is 2.60. The molecule has 0 spiro atoms. The SMILES string of the molecule is CC(C)N(CCCO)c1cnccc1CN. The Morgan fingerprint density at radius 3 is 2.81 bits per heavy atom. The highest BCUT2D eigenvalue weighted by molar-refractivity contribution is 5.52. The summed E-state index contributed by atoms with van der Waals surface area (Å²) in [6.45, 7) is 5.81. The van der Waals surface area contributed by atoms with Crippen molar-refractivity contribution in [1.29, 1.82) is 0 Å². The van der Waals surface area contributed by atoms with Crippen molar-refractivity contribution >= 4 is 5.69 Å². The fourth-order valence-electron chi connectivity index (χ4n) is 1.74. The van der Waals surface area contributed by atoms with Crippen LogP contribution in [-0.2, 0) is 6.54 Å². The van der Waals surface area contributed by atoms with Crippen LogP contribution in [0, 0.1) is 0 Å². The first-order valence-electron chi connectivity index (χ1n) is 5.71. The van der Waals surface area contributed by atoms with E-state index in [4.69, 9.17) is 10.8 Å². The van der Waals surface area contributed by atoms with Gasteiger partial charge in [0, 0.05) is 31.9 Å². The van der Waals surface area contributed by atoms with E-state index in [1.54, 1.807) is 6.20 Å². The average Bonchev–Trinajstić information content (AvgIpc) is 2.29. The summed E-state index contributed by atoms with van der Waals surface area (Å²) >= 11 is 0. The number of aliphatic hydroxyl groups excluding tert-OH is 1. The van der Waals surface area contributed by atoms with Gasteiger partial charge in [-0.3, -0.25) is 4.98 Å². The van der Waals surface area contributed by atoms with Crippen LogP contribution < -0.4 is 10.6 Å². The van der Waals surface area contributed by atoms with Gasteiger partial charge in [-0.1, -0.05) is 0 Å². The molecule has 0 radical (unpaired) electrons. The Balaban J connectivity index is 2.91. The van der Waals surface area contributed by atoms with Crippen molar-refractivity contribution in [2.45, 2.75) is 32.9 Å². The number of hydrogen-bond donors (Lipinski definition) is 2. The summed E-state index contributed by atoms with van der Waals surface area (Å²) in [6, 6.07) is 2.32. The van der Waals surface area contributed by atoms with Crippen LogP contribution in [0.15, 0.2) is 18.5 Å². The Hall–Kier alpha value is -1.13. The van der Waals surface area contributed by atoms with Crippen LogP contribution >= 0.6 is 0 Å². The van der Waals surface area contributed by atoms with Gasteiger partial charge in [-0.15, -0.1) is 0 Å². The summed E-state index contributed by atoms with van der Waals surface area (Å²) < 4.78 is 0. The molecule has 0 unspecified atom stereocenters. The Morgan fingerprint density at radius 1 is 1.50 bits per heavy atom. The molecule has 0 fully saturated rings. The molecular formula is C12H21N3O. The van der Waals surface area contributed by atoms with Gasteiger partial charge in [0.2, 0.25) is 0 Å². The minimum absolute atomic E-state index is 0.210. The van der Waals surface area contributed by atoms with Gasteiger partial charge >= 0.3 is 0 Å². The molecule has 1 heterocycles. The smallest absolute Gasteiger partial charge is 0.0600 e. The second kappa shape index (κ2) is 6.45. The molecule has 0 bridgehead atoms. The Kier molecular flexibility index (Phi) is 5.22. The van der Waals surface area contributed by atoms with E-state index in [1.807, 2.05) is 12.3 Å². The molecule has 0 amide bonds. The molecule has 0 saturated carbocycles. The lowest BCUT2D eigenvalue weighted by Crippen LogP contribution is -2.33. The van der Waals surface area contributed by atoms with Gasteiger partial charge in [-0.2, -0.15) is 0 Å². The predicted molar refractivity (Wildman–Crippen MR) is 66.3 cm³/mol. The Labute approximate surface area is 97.1 Å². The summed E-state index contributed by atoms with van der Waals surface area (Å²) in [7, 11) is 0. The first-order chi connectivity index (χ1) is 7.70. The number of aliphatic hydroxyl groups is 1. The fraction of sp³-hybridized carbons (Fsp3) is 0.583. The second-order valence-corrected chi connectivity index (χ2v) is 4.07. The van der Waals surface area contributed by atoms with E-state index in [1.165, 1.54) is 0 Å². The van der Waals surface area contributed by atoms with Crippen molar-refractivity contribution < 1.29 is 5.11 Å². The fourth-order valence-corrected chi connectivity index (χ4v) is 1.74. The summed E-state index contributed by atoms with van der Waals surface area (Å²) in [5.41, 5.74) is 7.89. The highest BCUT2D eigenvalue weighted by Gasteiger charge is 2.13. The van der Waals surface area contributed by atoms with E-state index in [0.29, 0.717) is 12.6 Å². The maximum Gasteiger partial charge on any atom is 0.0600 e. The predicted octanol–water partition coefficient (Wildman–Crippen LogP) is 1.14. The second-order valence-electron chi connectivity index (χ2n) is 4.07. The van der Waals surface area contributed by atoms with Gasteiger partial charge in [0.25, 0.3) is 0 Å². The first-order valence-corrected chi connectivity index (χ1v) is 5.71. The van der Waals surface area contributed by atoms with E-state index in [2.05, 4.69) is 23.7 Å². The number of hydrogen-bond acceptors (Lipinski definition) is 4. The van der Waals surface area contributed by atoms with Gasteiger partial charge in [-0.25, -0.2) is 0 Å². The van der Waals surface area contributed by atoms with E-state index in [0.717, 1.165) is 24.2 Å². The maximum absolute atomic E-state index is 8.90. The molecule has 1 aromatic heterocycles. The standard InChI is InChI=1S/C12H21N3O/c1-10(2)15(6-3-7-16)12-9-14-5-4-11(12)8-13/h4-5,9-10,16H,3,6-8,13H2,1-2H3. The zero-order chi connectivity index (χ0) is 12.0. The number of rotatable bonds is 6. The van der Waals surface area contributed by atoms with Gasteiger partial charge in [0.15, 0.2) is 0 Å². The summed E-state index contributed by atoms with van der Waals surface area (Å²) in [4.78, 5) is 6.37. The summed E-state index contributed by atoms with van der Waals surface area (Å²) in [6.07, 6.45) is 4.37. The monoisotopic (exact) mass is 223 g/mol. The zero-order valence-corrected chi connectivity index (χ0v) is 10.1. The highest BCUT2D eigenvalue weighted by Crippen LogP contribution is 2.21. The largest absolute Gasteiger partial charge is 0.396 e. The third-order valence-electron chi connectivity index (χ3n) is 2.60. The maximum atomic E-state index is 8.90. The van der Waals surface area contributed by atoms with Crippen molar-refractivity contribution in [2.75, 3.05) is 18.1 Å². The van der Waals surface area contributed by atoms with Crippen molar-refractivity contribution in [1.82, 2.24) is 4.98 Å². The number of anilines is 1. The molecule has 4 heteroatoms. The molecule has 0 aliphatic rings. The lowest BCUT2D eigenvalue weighted by atomic mass is 10.1. The van der Waals surface area contributed by atoms with Gasteiger partial charge in [-0.05, 0) is 31.9 Å². The van der Waals surface area contributed by atoms with Crippen LogP contribution in [0.2, 0.25) is 0 Å². The van der Waals surface area contributed by atoms with Crippen LogP contribution in [0.25, 0.3) is 0 Å². The Bertz CT molecular complexity index is 315. The topological polar surface area (TPSA) is 62.4 Å². The number of pyridine rings is 1. The molecule has 3 N–H and O–H groups in total. The van der Waals surface area contributed by atoms with Crippen LogP contribution in [-0.4, -0.2) is 29.3 Å². The van der Waals surface area contributed by atoms with Crippen molar-refractivity contribution in [3.05, 3.63) is 24.0 Å². The van der Waals surface area contributed by atoms with Gasteiger partial charge < -0.3 is 15.7 Å². The van der Waals surface area contributed by atoms with Gasteiger partial charge in [0.1, 0.15) is 0 Å². The lowest BCUT2D eigenvalue weighted by molar-refractivity contribution is 0.288. The van der Waals surface area contributed by atoms with Crippen LogP contribution in [0.4, 0.5) is 5.69 Å². The summed E-state index contributed by atoms with van der Waals surface area (Å²) in [5, 5.41) is 8.90. The van der Waals surface area contributed by atoms with Crippen molar-refractivity contribution in [2.24, 2.45) is 5.73 Å². The minimum atomic E-state index is 0.210. The van der Waals surface area contributed by atoms with Crippen LogP contribution in [0.5, 0.6) is 0 Å². The van der Waals surface area contributed by atoms with Crippen molar-refractivity contribution in [3.8, 4) is 0 Å². The molecule has 16 heavy (non-hydrogen) atoms. The van der Waals surface area contributed by atoms with Crippen LogP contribution in [0.3, 0.4) is 0 Å². The van der Waals surface area contributed by atoms with E-state index in [-0.39, 0.29) is 6.61 Å². The number of nitrogens with two attached hydrogens (primary N) is 1. The molecule has 1 aromatic rings. The van der Waals surface area contributed by atoms with E-state index in [9.17, 15) is 0 Å². The molecule has 0 aliphatic carbocycles. The normalized spacial score (nSPS) is 10.8.